The van der Waals surface area contributed by atoms with E-state index in [0.29, 0.717) is 59.2 Å². The van der Waals surface area contributed by atoms with E-state index in [1.165, 1.54) is 5.56 Å². The molecule has 17 heteroatoms. The molecule has 2 bridgehead atoms. The number of amides is 5. The molecule has 3 aromatic heterocycles. The monoisotopic (exact) mass is 881 g/mol. The summed E-state index contributed by atoms with van der Waals surface area (Å²) in [5.41, 5.74) is 7.20. The van der Waals surface area contributed by atoms with Gasteiger partial charge in [0.1, 0.15) is 6.04 Å². The molecule has 0 radical (unpaired) electrons. The smallest absolute Gasteiger partial charge is 0.262 e. The fraction of sp³-hybridized carbons (Fsp3) is 0.458. The zero-order valence-corrected chi connectivity index (χ0v) is 37.2. The fourth-order valence-corrected chi connectivity index (χ4v) is 10.2. The first-order valence-electron chi connectivity index (χ1n) is 23.0. The minimum atomic E-state index is -0.973. The van der Waals surface area contributed by atoms with E-state index in [4.69, 9.17) is 14.7 Å². The average Bonchev–Trinajstić information content (AvgIpc) is 3.91. The number of imide groups is 2. The molecule has 5 aliphatic heterocycles. The van der Waals surface area contributed by atoms with Crippen molar-refractivity contribution >= 4 is 52.2 Å². The van der Waals surface area contributed by atoms with Crippen molar-refractivity contribution in [3.8, 4) is 17.1 Å². The molecule has 2 atom stereocenters. The first kappa shape index (κ1) is 42.5. The van der Waals surface area contributed by atoms with Crippen LogP contribution in [0.3, 0.4) is 0 Å². The zero-order chi connectivity index (χ0) is 44.9. The van der Waals surface area contributed by atoms with Crippen LogP contribution in [0, 0.1) is 18.8 Å². The molecule has 8 heterocycles. The van der Waals surface area contributed by atoms with Crippen LogP contribution in [0.5, 0.6) is 5.88 Å². The van der Waals surface area contributed by atoms with Crippen LogP contribution in [0.2, 0.25) is 0 Å². The van der Waals surface area contributed by atoms with Gasteiger partial charge in [0, 0.05) is 76.2 Å². The van der Waals surface area contributed by atoms with E-state index in [1.54, 1.807) is 35.1 Å². The zero-order valence-electron chi connectivity index (χ0n) is 37.2. The number of fused-ring (bicyclic) bond motifs is 8. The normalized spacial score (nSPS) is 21.6. The highest BCUT2D eigenvalue weighted by molar-refractivity contribution is 6.23. The van der Waals surface area contributed by atoms with Crippen LogP contribution in [0.25, 0.3) is 22.3 Å². The van der Waals surface area contributed by atoms with E-state index in [0.717, 1.165) is 111 Å². The second-order valence-corrected chi connectivity index (χ2v) is 18.5. The van der Waals surface area contributed by atoms with Gasteiger partial charge in [-0.25, -0.2) is 9.67 Å². The van der Waals surface area contributed by atoms with Crippen molar-refractivity contribution in [3.63, 3.8) is 0 Å². The van der Waals surface area contributed by atoms with Gasteiger partial charge < -0.3 is 14.2 Å². The van der Waals surface area contributed by atoms with Crippen molar-refractivity contribution < 1.29 is 28.7 Å². The van der Waals surface area contributed by atoms with Gasteiger partial charge in [-0.15, -0.1) is 0 Å². The van der Waals surface area contributed by atoms with Gasteiger partial charge in [0.05, 0.1) is 46.2 Å². The molecular weight excluding hydrogens is 827 g/mol. The van der Waals surface area contributed by atoms with E-state index < -0.39 is 23.8 Å². The Hall–Kier alpha value is -6.46. The predicted molar refractivity (Wildman–Crippen MR) is 243 cm³/mol. The third-order valence-electron chi connectivity index (χ3n) is 13.8. The number of imidazole rings is 1. The largest absolute Gasteiger partial charge is 0.477 e. The third-order valence-corrected chi connectivity index (χ3v) is 13.8. The minimum absolute atomic E-state index is 0.0933. The molecule has 10 rings (SSSR count). The van der Waals surface area contributed by atoms with Crippen LogP contribution in [-0.4, -0.2) is 127 Å². The van der Waals surface area contributed by atoms with Crippen molar-refractivity contribution in [2.75, 3.05) is 62.6 Å². The maximum Gasteiger partial charge on any atom is 0.262 e. The SMILES string of the molecule is Cc1cc2cc(n1)-c1cnn(C)c1OCCC[C@@H](C)Cn1c(nc3ccc(CN4CCC(CN5CCN(c6ccc7c(c6)C(=O)N(C6CCC(=O)NC6=O)C7=O)CC5)CC4)cc31)NC2=O. The Kier molecular flexibility index (Phi) is 11.4. The molecule has 5 aliphatic rings. The maximum atomic E-state index is 13.9. The van der Waals surface area contributed by atoms with E-state index >= 15 is 0 Å². The summed E-state index contributed by atoms with van der Waals surface area (Å²) in [5.74, 6) is -0.114. The fourth-order valence-electron chi connectivity index (χ4n) is 10.2. The highest BCUT2D eigenvalue weighted by atomic mass is 16.5. The van der Waals surface area contributed by atoms with Gasteiger partial charge in [0.25, 0.3) is 17.7 Å². The summed E-state index contributed by atoms with van der Waals surface area (Å²) >= 11 is 0. The molecule has 65 heavy (non-hydrogen) atoms. The maximum absolute atomic E-state index is 13.9. The number of hydrogen-bond acceptors (Lipinski definition) is 12. The molecule has 5 amide bonds. The van der Waals surface area contributed by atoms with Gasteiger partial charge in [0.2, 0.25) is 23.6 Å². The van der Waals surface area contributed by atoms with Crippen LogP contribution in [0.4, 0.5) is 11.6 Å². The predicted octanol–water partition coefficient (Wildman–Crippen LogP) is 4.64. The number of nitrogens with one attached hydrogen (secondary N) is 2. The second kappa shape index (κ2) is 17.5. The summed E-state index contributed by atoms with van der Waals surface area (Å²) in [5, 5.41) is 9.83. The lowest BCUT2D eigenvalue weighted by atomic mass is 9.95. The van der Waals surface area contributed by atoms with E-state index in [2.05, 4.69) is 60.1 Å². The Morgan fingerprint density at radius 2 is 1.60 bits per heavy atom. The Labute approximate surface area is 377 Å². The number of benzene rings is 2. The Morgan fingerprint density at radius 1 is 0.800 bits per heavy atom. The third kappa shape index (κ3) is 8.50. The summed E-state index contributed by atoms with van der Waals surface area (Å²) in [6, 6.07) is 14.5. The number of piperazine rings is 1. The van der Waals surface area contributed by atoms with Gasteiger partial charge in [-0.1, -0.05) is 13.0 Å². The number of nitrogens with zero attached hydrogens (tertiary/aromatic N) is 9. The minimum Gasteiger partial charge on any atom is -0.477 e. The molecule has 17 nitrogen and oxygen atoms in total. The topological polar surface area (TPSA) is 180 Å². The number of aromatic nitrogens is 5. The number of carbonyl (C=O) groups excluding carboxylic acids is 5. The van der Waals surface area contributed by atoms with Crippen molar-refractivity contribution in [2.45, 2.75) is 71.5 Å². The highest BCUT2D eigenvalue weighted by Gasteiger charge is 2.45. The molecule has 0 spiro atoms. The molecule has 3 saturated heterocycles. The van der Waals surface area contributed by atoms with E-state index in [-0.39, 0.29) is 24.7 Å². The van der Waals surface area contributed by atoms with Gasteiger partial charge in [-0.3, -0.25) is 54.3 Å². The molecular formula is C48H55N11O6. The number of hydrogen-bond donors (Lipinski definition) is 2. The number of ether oxygens (including phenoxy) is 1. The number of aryl methyl sites for hydroxylation is 2. The Morgan fingerprint density at radius 3 is 2.40 bits per heavy atom. The lowest BCUT2D eigenvalue weighted by molar-refractivity contribution is -0.136. The number of anilines is 2. The lowest BCUT2D eigenvalue weighted by Gasteiger charge is -2.39. The number of pyridine rings is 1. The van der Waals surface area contributed by atoms with Crippen molar-refractivity contribution in [1.82, 2.24) is 44.3 Å². The molecule has 3 fully saturated rings. The average molecular weight is 882 g/mol. The summed E-state index contributed by atoms with van der Waals surface area (Å²) in [6.45, 7) is 12.7. The molecule has 1 unspecified atom stereocenters. The number of piperidine rings is 2. The number of rotatable bonds is 6. The Balaban J connectivity index is 0.752. The van der Waals surface area contributed by atoms with Gasteiger partial charge in [-0.05, 0) is 112 Å². The second-order valence-electron chi connectivity index (χ2n) is 18.5. The molecule has 2 aromatic carbocycles. The molecule has 0 saturated carbocycles. The van der Waals surface area contributed by atoms with Gasteiger partial charge in [-0.2, -0.15) is 5.10 Å². The lowest BCUT2D eigenvalue weighted by Crippen LogP contribution is -2.54. The van der Waals surface area contributed by atoms with Crippen LogP contribution >= 0.6 is 0 Å². The highest BCUT2D eigenvalue weighted by Crippen LogP contribution is 2.33. The summed E-state index contributed by atoms with van der Waals surface area (Å²) in [7, 11) is 1.85. The Bertz CT molecular complexity index is 2710. The summed E-state index contributed by atoms with van der Waals surface area (Å²) < 4.78 is 10.1. The van der Waals surface area contributed by atoms with Crippen LogP contribution in [0.15, 0.2) is 54.7 Å². The van der Waals surface area contributed by atoms with E-state index in [1.807, 2.05) is 20.0 Å². The van der Waals surface area contributed by atoms with Gasteiger partial charge in [0.15, 0.2) is 0 Å². The van der Waals surface area contributed by atoms with E-state index in [9.17, 15) is 24.0 Å². The molecule has 338 valence electrons. The number of carbonyl (C=O) groups is 5. The van der Waals surface area contributed by atoms with Crippen molar-refractivity contribution in [3.05, 3.63) is 82.7 Å². The molecule has 0 aliphatic carbocycles. The first-order chi connectivity index (χ1) is 31.4. The van der Waals surface area contributed by atoms with Crippen LogP contribution in [0.1, 0.15) is 87.8 Å². The standard InChI is InChI=1S/C48H55N11O6/c1-29-5-4-20-65-47-37(25-49-54(47)3)39-23-33(21-30(2)50-39)43(61)53-48-51-38-9-6-32(22-41(38)58(48)26-29)28-55-14-12-31(13-15-55)27-56-16-18-57(19-17-56)34-7-8-35-36(24-34)46(64)59(45(35)63)40-10-11-42(60)52-44(40)62/h6-9,21-25,29,31,40H,4-5,10-20,26-28H2,1-3H3,(H,51,53,61)(H,52,60,62)/t29-,40?/m1/s1. The number of likely N-dealkylation sites (tertiary alicyclic amines) is 1. The van der Waals surface area contributed by atoms with Crippen LogP contribution < -0.4 is 20.3 Å². The van der Waals surface area contributed by atoms with Crippen LogP contribution in [-0.2, 0) is 29.7 Å². The van der Waals surface area contributed by atoms with Crippen molar-refractivity contribution in [1.29, 1.82) is 0 Å². The summed E-state index contributed by atoms with van der Waals surface area (Å²) in [4.78, 5) is 82.7. The molecule has 2 N–H and O–H groups in total. The first-order valence-corrected chi connectivity index (χ1v) is 23.0. The quantitative estimate of drug-likeness (QED) is 0.226. The van der Waals surface area contributed by atoms with Crippen molar-refractivity contribution in [2.24, 2.45) is 18.9 Å². The van der Waals surface area contributed by atoms with Gasteiger partial charge >= 0.3 is 0 Å². The molecule has 5 aromatic rings. The summed E-state index contributed by atoms with van der Waals surface area (Å²) in [6.07, 6.45) is 6.02.